The standard InChI is InChI=1S/3C4H10O.C2H6O.Hf/c3*1-4(2)3-5;1-2-3;/h3*4-5H,3H2,1-2H3;3H,2H2,1H3;. The van der Waals surface area contributed by atoms with Gasteiger partial charge in [-0.05, 0) is 24.7 Å². The van der Waals surface area contributed by atoms with Crippen LogP contribution >= 0.6 is 0 Å². The second kappa shape index (κ2) is 31.2. The maximum atomic E-state index is 8.14. The molecule has 0 spiro atoms. The Morgan fingerprint density at radius 2 is 0.632 bits per heavy atom. The Bertz CT molecular complexity index is 90.6. The second-order valence-corrected chi connectivity index (χ2v) is 5.05. The van der Waals surface area contributed by atoms with Crippen LogP contribution in [0.3, 0.4) is 0 Å². The normalized spacial score (nSPS) is 8.53. The van der Waals surface area contributed by atoms with Gasteiger partial charge in [0.05, 0.1) is 0 Å². The van der Waals surface area contributed by atoms with E-state index in [1.807, 2.05) is 41.5 Å². The minimum Gasteiger partial charge on any atom is -0.397 e. The Morgan fingerprint density at radius 3 is 0.632 bits per heavy atom. The molecule has 0 radical (unpaired) electrons. The van der Waals surface area contributed by atoms with Crippen molar-refractivity contribution in [3.63, 3.8) is 0 Å². The Kier molecular flexibility index (Phi) is 52.4. The number of aliphatic hydroxyl groups is 4. The van der Waals surface area contributed by atoms with E-state index in [2.05, 4.69) is 0 Å². The average molecular weight is 447 g/mol. The summed E-state index contributed by atoms with van der Waals surface area (Å²) >= 11 is 0. The summed E-state index contributed by atoms with van der Waals surface area (Å²) in [7, 11) is 0. The van der Waals surface area contributed by atoms with E-state index >= 15 is 0 Å². The molecule has 0 heterocycles. The van der Waals surface area contributed by atoms with Gasteiger partial charge in [0, 0.05) is 52.3 Å². The Morgan fingerprint density at radius 1 is 0.579 bits per heavy atom. The molecule has 19 heavy (non-hydrogen) atoms. The molecule has 0 bridgehead atoms. The summed E-state index contributed by atoms with van der Waals surface area (Å²) in [6.07, 6.45) is 0. The van der Waals surface area contributed by atoms with Crippen LogP contribution in [0.25, 0.3) is 0 Å². The van der Waals surface area contributed by atoms with Gasteiger partial charge in [0.15, 0.2) is 0 Å². The first-order valence-electron chi connectivity index (χ1n) is 6.66. The molecule has 4 nitrogen and oxygen atoms in total. The molecule has 0 aromatic rings. The monoisotopic (exact) mass is 448 g/mol. The summed E-state index contributed by atoms with van der Waals surface area (Å²) in [5.41, 5.74) is 0. The zero-order valence-electron chi connectivity index (χ0n) is 13.8. The fourth-order valence-electron chi connectivity index (χ4n) is 0. The third-order valence-electron chi connectivity index (χ3n) is 1.10. The van der Waals surface area contributed by atoms with E-state index in [9.17, 15) is 0 Å². The molecule has 0 amide bonds. The molecule has 120 valence electrons. The van der Waals surface area contributed by atoms with Crippen LogP contribution in [-0.4, -0.2) is 46.9 Å². The van der Waals surface area contributed by atoms with Gasteiger partial charge in [0.2, 0.25) is 0 Å². The number of aliphatic hydroxyl groups excluding tert-OH is 4. The molecule has 0 aliphatic carbocycles. The van der Waals surface area contributed by atoms with E-state index in [1.54, 1.807) is 6.92 Å². The maximum absolute atomic E-state index is 8.14. The van der Waals surface area contributed by atoms with Gasteiger partial charge in [0.1, 0.15) is 0 Å². The van der Waals surface area contributed by atoms with E-state index in [0.29, 0.717) is 37.6 Å². The molecule has 0 unspecified atom stereocenters. The van der Waals surface area contributed by atoms with Crippen molar-refractivity contribution >= 4 is 0 Å². The maximum Gasteiger partial charge on any atom is 0.0453 e. The van der Waals surface area contributed by atoms with Gasteiger partial charge in [-0.2, -0.15) is 0 Å². The smallest absolute Gasteiger partial charge is 0.0453 e. The molecule has 0 aromatic heterocycles. The fourth-order valence-corrected chi connectivity index (χ4v) is 0. The van der Waals surface area contributed by atoms with Crippen LogP contribution < -0.4 is 0 Å². The van der Waals surface area contributed by atoms with Gasteiger partial charge >= 0.3 is 0 Å². The van der Waals surface area contributed by atoms with Gasteiger partial charge in [-0.25, -0.2) is 0 Å². The summed E-state index contributed by atoms with van der Waals surface area (Å²) in [5, 5.41) is 32.0. The zero-order valence-corrected chi connectivity index (χ0v) is 17.4. The van der Waals surface area contributed by atoms with E-state index in [-0.39, 0.29) is 32.5 Å². The third-order valence-corrected chi connectivity index (χ3v) is 1.10. The first-order chi connectivity index (χ1) is 8.22. The van der Waals surface area contributed by atoms with E-state index < -0.39 is 0 Å². The minimum atomic E-state index is 0. The fraction of sp³-hybridized carbons (Fsp3) is 1.00. The summed E-state index contributed by atoms with van der Waals surface area (Å²) in [6.45, 7) is 14.7. The molecule has 4 N–H and O–H groups in total. The van der Waals surface area contributed by atoms with E-state index in [0.717, 1.165) is 0 Å². The molecule has 0 saturated heterocycles. The van der Waals surface area contributed by atoms with Crippen LogP contribution in [0, 0.1) is 17.8 Å². The van der Waals surface area contributed by atoms with Crippen LogP contribution in [0.1, 0.15) is 48.5 Å². The van der Waals surface area contributed by atoms with Crippen molar-refractivity contribution in [3.05, 3.63) is 0 Å². The Labute approximate surface area is 139 Å². The summed E-state index contributed by atoms with van der Waals surface area (Å²) in [4.78, 5) is 0. The summed E-state index contributed by atoms with van der Waals surface area (Å²) < 4.78 is 0. The van der Waals surface area contributed by atoms with Gasteiger partial charge in [-0.3, -0.25) is 0 Å². The number of hydrogen-bond acceptors (Lipinski definition) is 4. The molecule has 0 saturated carbocycles. The van der Waals surface area contributed by atoms with Crippen LogP contribution in [0.5, 0.6) is 0 Å². The molecule has 0 atom stereocenters. The second-order valence-electron chi connectivity index (χ2n) is 5.05. The number of hydrogen-bond donors (Lipinski definition) is 4. The molecular formula is C14H36HfO4. The average Bonchev–Trinajstić information content (AvgIpc) is 2.31. The Balaban J connectivity index is -0.0000000458. The largest absolute Gasteiger partial charge is 0.397 e. The van der Waals surface area contributed by atoms with Crippen molar-refractivity contribution in [1.82, 2.24) is 0 Å². The van der Waals surface area contributed by atoms with Crippen molar-refractivity contribution < 1.29 is 46.3 Å². The summed E-state index contributed by atoms with van der Waals surface area (Å²) in [6, 6.07) is 0. The topological polar surface area (TPSA) is 80.9 Å². The van der Waals surface area contributed by atoms with Gasteiger partial charge in [0.25, 0.3) is 0 Å². The zero-order chi connectivity index (χ0) is 15.6. The molecule has 0 fully saturated rings. The molecule has 0 aliphatic rings. The first-order valence-corrected chi connectivity index (χ1v) is 6.66. The number of rotatable bonds is 3. The molecule has 5 heteroatoms. The quantitative estimate of drug-likeness (QED) is 0.499. The molecular weight excluding hydrogens is 411 g/mol. The van der Waals surface area contributed by atoms with Crippen molar-refractivity contribution in [1.29, 1.82) is 0 Å². The SMILES string of the molecule is CC(C)CO.CC(C)CO.CC(C)CO.CCO.[Hf]. The predicted octanol–water partition coefficient (Wildman–Crippen LogP) is 1.90. The van der Waals surface area contributed by atoms with Crippen molar-refractivity contribution in [2.75, 3.05) is 26.4 Å². The van der Waals surface area contributed by atoms with Gasteiger partial charge < -0.3 is 20.4 Å². The third kappa shape index (κ3) is 116. The van der Waals surface area contributed by atoms with Crippen molar-refractivity contribution in [3.8, 4) is 0 Å². The van der Waals surface area contributed by atoms with Crippen LogP contribution in [-0.2, 0) is 25.8 Å². The first kappa shape index (κ1) is 31.9. The minimum absolute atomic E-state index is 0. The molecule has 0 rings (SSSR count). The molecule has 0 aliphatic heterocycles. The van der Waals surface area contributed by atoms with Gasteiger partial charge in [-0.15, -0.1) is 0 Å². The van der Waals surface area contributed by atoms with Crippen LogP contribution in [0.15, 0.2) is 0 Å². The van der Waals surface area contributed by atoms with Gasteiger partial charge in [-0.1, -0.05) is 41.5 Å². The molecule has 0 aromatic carbocycles. The van der Waals surface area contributed by atoms with Crippen LogP contribution in [0.4, 0.5) is 0 Å². The Hall–Kier alpha value is 0.710. The van der Waals surface area contributed by atoms with Crippen molar-refractivity contribution in [2.45, 2.75) is 48.5 Å². The predicted molar refractivity (Wildman–Crippen MR) is 78.5 cm³/mol. The van der Waals surface area contributed by atoms with Crippen molar-refractivity contribution in [2.24, 2.45) is 17.8 Å². The van der Waals surface area contributed by atoms with Crippen LogP contribution in [0.2, 0.25) is 0 Å². The van der Waals surface area contributed by atoms with E-state index in [4.69, 9.17) is 20.4 Å². The summed E-state index contributed by atoms with van der Waals surface area (Å²) in [5.74, 6) is 1.32. The van der Waals surface area contributed by atoms with E-state index in [1.165, 1.54) is 0 Å².